The summed E-state index contributed by atoms with van der Waals surface area (Å²) >= 11 is 12.1. The van der Waals surface area contributed by atoms with Gasteiger partial charge in [0.1, 0.15) is 0 Å². The molecule has 0 saturated carbocycles. The van der Waals surface area contributed by atoms with Crippen LogP contribution in [0.1, 0.15) is 46.6 Å². The molecule has 19 heavy (non-hydrogen) atoms. The van der Waals surface area contributed by atoms with E-state index in [4.69, 9.17) is 23.2 Å². The Hall–Kier alpha value is 0.0500. The average molecular weight is 325 g/mol. The fraction of sp³-hybridized carbons (Fsp3) is 0.600. The quantitative estimate of drug-likeness (QED) is 0.747. The Kier molecular flexibility index (Phi) is 7.19. The van der Waals surface area contributed by atoms with Crippen molar-refractivity contribution in [1.82, 2.24) is 5.32 Å². The van der Waals surface area contributed by atoms with Crippen LogP contribution in [0, 0.1) is 5.41 Å². The van der Waals surface area contributed by atoms with Crippen LogP contribution < -0.4 is 5.32 Å². The van der Waals surface area contributed by atoms with E-state index in [1.807, 2.05) is 12.1 Å². The van der Waals surface area contributed by atoms with Gasteiger partial charge in [0.2, 0.25) is 0 Å². The summed E-state index contributed by atoms with van der Waals surface area (Å²) in [4.78, 5) is 0. The third-order valence-electron chi connectivity index (χ3n) is 2.74. The summed E-state index contributed by atoms with van der Waals surface area (Å²) in [5.74, 6) is 0. The minimum absolute atomic E-state index is 0. The normalized spacial score (nSPS) is 12.2. The molecule has 0 aliphatic carbocycles. The second kappa shape index (κ2) is 7.17. The molecule has 0 saturated heterocycles. The lowest BCUT2D eigenvalue weighted by Gasteiger charge is -2.33. The zero-order chi connectivity index (χ0) is 14.0. The molecule has 0 aliphatic rings. The first-order chi connectivity index (χ1) is 8.09. The van der Waals surface area contributed by atoms with Crippen molar-refractivity contribution in [3.63, 3.8) is 0 Å². The van der Waals surface area contributed by atoms with Gasteiger partial charge in [0.25, 0.3) is 0 Å². The number of rotatable bonds is 4. The van der Waals surface area contributed by atoms with Crippen molar-refractivity contribution >= 4 is 35.6 Å². The first-order valence-corrected chi connectivity index (χ1v) is 7.04. The van der Waals surface area contributed by atoms with Crippen molar-refractivity contribution in [2.45, 2.75) is 53.1 Å². The molecule has 1 aromatic carbocycles. The van der Waals surface area contributed by atoms with E-state index in [-0.39, 0.29) is 17.9 Å². The molecule has 4 heteroatoms. The predicted molar refractivity (Wildman–Crippen MR) is 88.7 cm³/mol. The van der Waals surface area contributed by atoms with Crippen LogP contribution in [-0.2, 0) is 6.54 Å². The first-order valence-electron chi connectivity index (χ1n) is 6.28. The number of halogens is 3. The van der Waals surface area contributed by atoms with Crippen molar-refractivity contribution in [2.24, 2.45) is 5.41 Å². The second-order valence-electron chi connectivity index (χ2n) is 6.71. The van der Waals surface area contributed by atoms with Crippen LogP contribution in [0.5, 0.6) is 0 Å². The van der Waals surface area contributed by atoms with E-state index in [1.54, 1.807) is 6.07 Å². The van der Waals surface area contributed by atoms with Crippen LogP contribution in [-0.4, -0.2) is 5.54 Å². The van der Waals surface area contributed by atoms with Gasteiger partial charge in [-0.1, -0.05) is 50.0 Å². The standard InChI is InChI=1S/C15H23Cl2N.ClH/c1-14(2,3)10-15(4,5)18-9-11-6-7-12(16)8-13(11)17;/h6-8,18H,9-10H2,1-5H3;1H. The van der Waals surface area contributed by atoms with Gasteiger partial charge in [-0.05, 0) is 43.4 Å². The molecular weight excluding hydrogens is 301 g/mol. The third kappa shape index (κ3) is 7.41. The van der Waals surface area contributed by atoms with E-state index >= 15 is 0 Å². The van der Waals surface area contributed by atoms with E-state index in [0.717, 1.165) is 23.6 Å². The number of hydrogen-bond acceptors (Lipinski definition) is 1. The zero-order valence-corrected chi connectivity index (χ0v) is 14.6. The molecule has 1 nitrogen and oxygen atoms in total. The van der Waals surface area contributed by atoms with Gasteiger partial charge in [-0.25, -0.2) is 0 Å². The van der Waals surface area contributed by atoms with E-state index in [2.05, 4.69) is 39.9 Å². The molecular formula is C15H24Cl3N. The molecule has 0 heterocycles. The lowest BCUT2D eigenvalue weighted by atomic mass is 9.82. The summed E-state index contributed by atoms with van der Waals surface area (Å²) in [5, 5.41) is 4.97. The van der Waals surface area contributed by atoms with Gasteiger partial charge in [-0.15, -0.1) is 12.4 Å². The highest BCUT2D eigenvalue weighted by Crippen LogP contribution is 2.28. The Morgan fingerprint density at radius 2 is 1.63 bits per heavy atom. The maximum absolute atomic E-state index is 6.17. The SMILES string of the molecule is CC(C)(C)CC(C)(C)NCc1ccc(Cl)cc1Cl.Cl. The van der Waals surface area contributed by atoms with Gasteiger partial charge >= 0.3 is 0 Å². The summed E-state index contributed by atoms with van der Waals surface area (Å²) in [6.07, 6.45) is 1.10. The second-order valence-corrected chi connectivity index (χ2v) is 7.55. The molecule has 1 N–H and O–H groups in total. The minimum atomic E-state index is 0. The minimum Gasteiger partial charge on any atom is -0.308 e. The summed E-state index contributed by atoms with van der Waals surface area (Å²) < 4.78 is 0. The van der Waals surface area contributed by atoms with Crippen LogP contribution in [0.3, 0.4) is 0 Å². The van der Waals surface area contributed by atoms with Gasteiger partial charge in [0, 0.05) is 22.1 Å². The van der Waals surface area contributed by atoms with Gasteiger partial charge in [-0.2, -0.15) is 0 Å². The Morgan fingerprint density at radius 1 is 1.05 bits per heavy atom. The zero-order valence-electron chi connectivity index (χ0n) is 12.3. The molecule has 0 aliphatic heterocycles. The molecule has 1 rings (SSSR count). The maximum Gasteiger partial charge on any atom is 0.0465 e. The van der Waals surface area contributed by atoms with Crippen LogP contribution in [0.4, 0.5) is 0 Å². The van der Waals surface area contributed by atoms with Gasteiger partial charge in [0.05, 0.1) is 0 Å². The van der Waals surface area contributed by atoms with Crippen LogP contribution in [0.15, 0.2) is 18.2 Å². The molecule has 110 valence electrons. The fourth-order valence-electron chi connectivity index (χ4n) is 2.39. The molecule has 0 aromatic heterocycles. The van der Waals surface area contributed by atoms with E-state index in [9.17, 15) is 0 Å². The number of nitrogens with one attached hydrogen (secondary N) is 1. The molecule has 0 fully saturated rings. The van der Waals surface area contributed by atoms with Crippen LogP contribution in [0.2, 0.25) is 10.0 Å². The van der Waals surface area contributed by atoms with Crippen molar-refractivity contribution in [3.8, 4) is 0 Å². The highest BCUT2D eigenvalue weighted by Gasteiger charge is 2.24. The summed E-state index contributed by atoms with van der Waals surface area (Å²) in [5.41, 5.74) is 1.48. The monoisotopic (exact) mass is 323 g/mol. The van der Waals surface area contributed by atoms with Gasteiger partial charge in [0.15, 0.2) is 0 Å². The summed E-state index contributed by atoms with van der Waals surface area (Å²) in [6, 6.07) is 5.64. The molecule has 0 bridgehead atoms. The molecule has 1 aromatic rings. The maximum atomic E-state index is 6.17. The first kappa shape index (κ1) is 19.1. The molecule has 0 spiro atoms. The van der Waals surface area contributed by atoms with Crippen molar-refractivity contribution in [2.75, 3.05) is 0 Å². The van der Waals surface area contributed by atoms with E-state index in [1.165, 1.54) is 0 Å². The topological polar surface area (TPSA) is 12.0 Å². The number of hydrogen-bond donors (Lipinski definition) is 1. The smallest absolute Gasteiger partial charge is 0.0465 e. The molecule has 0 unspecified atom stereocenters. The van der Waals surface area contributed by atoms with Crippen molar-refractivity contribution < 1.29 is 0 Å². The summed E-state index contributed by atoms with van der Waals surface area (Å²) in [6.45, 7) is 12.0. The molecule has 0 amide bonds. The lowest BCUT2D eigenvalue weighted by molar-refractivity contribution is 0.241. The molecule has 0 radical (unpaired) electrons. The fourth-order valence-corrected chi connectivity index (χ4v) is 2.86. The van der Waals surface area contributed by atoms with E-state index in [0.29, 0.717) is 10.4 Å². The Balaban J connectivity index is 0.00000324. The van der Waals surface area contributed by atoms with E-state index < -0.39 is 0 Å². The predicted octanol–water partition coefficient (Wildman–Crippen LogP) is 5.72. The van der Waals surface area contributed by atoms with Gasteiger partial charge < -0.3 is 5.32 Å². The van der Waals surface area contributed by atoms with Gasteiger partial charge in [-0.3, -0.25) is 0 Å². The van der Waals surface area contributed by atoms with Crippen LogP contribution >= 0.6 is 35.6 Å². The van der Waals surface area contributed by atoms with Crippen molar-refractivity contribution in [3.05, 3.63) is 33.8 Å². The Labute approximate surface area is 133 Å². The largest absolute Gasteiger partial charge is 0.308 e. The number of benzene rings is 1. The Morgan fingerprint density at radius 3 is 2.11 bits per heavy atom. The van der Waals surface area contributed by atoms with Crippen LogP contribution in [0.25, 0.3) is 0 Å². The highest BCUT2D eigenvalue weighted by molar-refractivity contribution is 6.35. The third-order valence-corrected chi connectivity index (χ3v) is 3.33. The lowest BCUT2D eigenvalue weighted by Crippen LogP contribution is -2.41. The highest BCUT2D eigenvalue weighted by atomic mass is 35.5. The average Bonchev–Trinajstić information content (AvgIpc) is 2.12. The van der Waals surface area contributed by atoms with Crippen molar-refractivity contribution in [1.29, 1.82) is 0 Å². The molecule has 0 atom stereocenters. The Bertz CT molecular complexity index is 408. The summed E-state index contributed by atoms with van der Waals surface area (Å²) in [7, 11) is 0.